The summed E-state index contributed by atoms with van der Waals surface area (Å²) >= 11 is 5.32. The van der Waals surface area contributed by atoms with Crippen molar-refractivity contribution in [3.63, 3.8) is 0 Å². The van der Waals surface area contributed by atoms with Gasteiger partial charge in [-0.1, -0.05) is 11.6 Å². The van der Waals surface area contributed by atoms with Crippen molar-refractivity contribution in [1.82, 2.24) is 0 Å². The van der Waals surface area contributed by atoms with Gasteiger partial charge in [0.25, 0.3) is 0 Å². The van der Waals surface area contributed by atoms with E-state index in [1.165, 1.54) is 0 Å². The largest absolute Gasteiger partial charge is 0.478 e. The lowest BCUT2D eigenvalue weighted by molar-refractivity contribution is 0.0696. The summed E-state index contributed by atoms with van der Waals surface area (Å²) in [7, 11) is -4.16. The standard InChI is InChI=1S/C7H5ClFNO4S/c8-6-4(7(11)12)1-3(2-5(6)9)15(10,13)14/h1-2H,(H,11,12)(H2,10,13,14). The highest BCUT2D eigenvalue weighted by Crippen LogP contribution is 2.23. The highest BCUT2D eigenvalue weighted by atomic mass is 35.5. The Kier molecular flexibility index (Phi) is 2.98. The number of halogens is 2. The minimum atomic E-state index is -4.16. The van der Waals surface area contributed by atoms with E-state index in [0.717, 1.165) is 0 Å². The number of nitrogens with two attached hydrogens (primary N) is 1. The zero-order chi connectivity index (χ0) is 11.8. The first-order valence-corrected chi connectivity index (χ1v) is 5.41. The molecule has 1 aromatic carbocycles. The van der Waals surface area contributed by atoms with Crippen molar-refractivity contribution in [2.24, 2.45) is 5.14 Å². The second-order valence-corrected chi connectivity index (χ2v) is 4.56. The Balaban J connectivity index is 3.57. The lowest BCUT2D eigenvalue weighted by atomic mass is 10.2. The van der Waals surface area contributed by atoms with Crippen LogP contribution in [0, 0.1) is 5.82 Å². The normalized spacial score (nSPS) is 11.4. The Morgan fingerprint density at radius 1 is 1.47 bits per heavy atom. The fourth-order valence-corrected chi connectivity index (χ4v) is 1.62. The SMILES string of the molecule is NS(=O)(=O)c1cc(F)c(Cl)c(C(=O)O)c1. The summed E-state index contributed by atoms with van der Waals surface area (Å²) in [5, 5.41) is 12.7. The van der Waals surface area contributed by atoms with Crippen LogP contribution in [0.1, 0.15) is 10.4 Å². The molecule has 82 valence electrons. The molecule has 8 heteroatoms. The number of rotatable bonds is 2. The third-order valence-electron chi connectivity index (χ3n) is 1.56. The molecule has 0 bridgehead atoms. The minimum absolute atomic E-state index is 0.560. The van der Waals surface area contributed by atoms with Crippen LogP contribution >= 0.6 is 11.6 Å². The predicted octanol–water partition coefficient (Wildman–Crippen LogP) is 0.825. The molecule has 0 aromatic heterocycles. The van der Waals surface area contributed by atoms with Gasteiger partial charge in [-0.05, 0) is 12.1 Å². The third-order valence-corrected chi connectivity index (χ3v) is 2.84. The topological polar surface area (TPSA) is 97.5 Å². The fraction of sp³-hybridized carbons (Fsp3) is 0. The highest BCUT2D eigenvalue weighted by Gasteiger charge is 2.19. The molecule has 0 aliphatic carbocycles. The molecule has 0 atom stereocenters. The van der Waals surface area contributed by atoms with Crippen LogP contribution in [0.4, 0.5) is 4.39 Å². The number of carboxylic acid groups (broad SMARTS) is 1. The quantitative estimate of drug-likeness (QED) is 0.815. The average Bonchev–Trinajstić information content (AvgIpc) is 2.06. The van der Waals surface area contributed by atoms with Crippen LogP contribution in [-0.4, -0.2) is 19.5 Å². The second-order valence-electron chi connectivity index (χ2n) is 2.62. The van der Waals surface area contributed by atoms with E-state index in [0.29, 0.717) is 12.1 Å². The fourth-order valence-electron chi connectivity index (χ4n) is 0.884. The van der Waals surface area contributed by atoms with E-state index in [1.54, 1.807) is 0 Å². The van der Waals surface area contributed by atoms with Crippen LogP contribution in [0.2, 0.25) is 5.02 Å². The molecular formula is C7H5ClFNO4S. The van der Waals surface area contributed by atoms with Gasteiger partial charge in [0.2, 0.25) is 10.0 Å². The van der Waals surface area contributed by atoms with Gasteiger partial charge in [0.1, 0.15) is 5.82 Å². The first-order valence-electron chi connectivity index (χ1n) is 3.48. The third kappa shape index (κ3) is 2.44. The Bertz CT molecular complexity index is 528. The van der Waals surface area contributed by atoms with E-state index in [-0.39, 0.29) is 0 Å². The Morgan fingerprint density at radius 2 is 2.00 bits per heavy atom. The van der Waals surface area contributed by atoms with Crippen LogP contribution in [0.3, 0.4) is 0 Å². The first kappa shape index (κ1) is 11.9. The molecule has 1 rings (SSSR count). The van der Waals surface area contributed by atoms with Crippen molar-refractivity contribution in [2.75, 3.05) is 0 Å². The second kappa shape index (κ2) is 3.76. The zero-order valence-corrected chi connectivity index (χ0v) is 8.64. The molecule has 0 saturated heterocycles. The lowest BCUT2D eigenvalue weighted by Gasteiger charge is -2.03. The van der Waals surface area contributed by atoms with Crippen molar-refractivity contribution in [2.45, 2.75) is 4.90 Å². The van der Waals surface area contributed by atoms with Gasteiger partial charge < -0.3 is 5.11 Å². The van der Waals surface area contributed by atoms with Gasteiger partial charge in [-0.25, -0.2) is 22.7 Å². The van der Waals surface area contributed by atoms with E-state index in [2.05, 4.69) is 0 Å². The average molecular weight is 254 g/mol. The molecule has 1 aromatic rings. The molecule has 0 spiro atoms. The maximum atomic E-state index is 13.0. The number of sulfonamides is 1. The van der Waals surface area contributed by atoms with Crippen LogP contribution in [0.25, 0.3) is 0 Å². The Morgan fingerprint density at radius 3 is 2.40 bits per heavy atom. The number of carbonyl (C=O) groups is 1. The number of benzene rings is 1. The first-order chi connectivity index (χ1) is 6.73. The summed E-state index contributed by atoms with van der Waals surface area (Å²) in [4.78, 5) is 9.93. The van der Waals surface area contributed by atoms with Gasteiger partial charge in [-0.15, -0.1) is 0 Å². The maximum absolute atomic E-state index is 13.0. The molecule has 0 radical (unpaired) electrons. The van der Waals surface area contributed by atoms with Crippen LogP contribution < -0.4 is 5.14 Å². The molecule has 3 N–H and O–H groups in total. The van der Waals surface area contributed by atoms with Crippen molar-refractivity contribution < 1.29 is 22.7 Å². The number of hydrogen-bond acceptors (Lipinski definition) is 3. The molecule has 0 aliphatic rings. The minimum Gasteiger partial charge on any atom is -0.478 e. The van der Waals surface area contributed by atoms with E-state index in [9.17, 15) is 17.6 Å². The summed E-state index contributed by atoms with van der Waals surface area (Å²) < 4.78 is 34.7. The molecule has 0 saturated carbocycles. The van der Waals surface area contributed by atoms with E-state index >= 15 is 0 Å². The van der Waals surface area contributed by atoms with Crippen molar-refractivity contribution >= 4 is 27.6 Å². The molecule has 0 amide bonds. The van der Waals surface area contributed by atoms with Crippen molar-refractivity contribution in [3.8, 4) is 0 Å². The number of hydrogen-bond donors (Lipinski definition) is 2. The van der Waals surface area contributed by atoms with Gasteiger partial charge in [-0.2, -0.15) is 0 Å². The van der Waals surface area contributed by atoms with Gasteiger partial charge in [0, 0.05) is 0 Å². The summed E-state index contributed by atoms with van der Waals surface area (Å²) in [6.07, 6.45) is 0. The molecule has 0 heterocycles. The van der Waals surface area contributed by atoms with Gasteiger partial charge in [0.05, 0.1) is 15.5 Å². The summed E-state index contributed by atoms with van der Waals surface area (Å²) in [5.41, 5.74) is -0.652. The number of aromatic carboxylic acids is 1. The maximum Gasteiger partial charge on any atom is 0.337 e. The van der Waals surface area contributed by atoms with Gasteiger partial charge >= 0.3 is 5.97 Å². The summed E-state index contributed by atoms with van der Waals surface area (Å²) in [6, 6.07) is 1.26. The van der Waals surface area contributed by atoms with Crippen LogP contribution in [-0.2, 0) is 10.0 Å². The predicted molar refractivity (Wildman–Crippen MR) is 49.7 cm³/mol. The molecule has 0 unspecified atom stereocenters. The van der Waals surface area contributed by atoms with Gasteiger partial charge in [0.15, 0.2) is 0 Å². The number of primary sulfonamides is 1. The summed E-state index contributed by atoms with van der Waals surface area (Å²) in [5.74, 6) is -2.69. The van der Waals surface area contributed by atoms with E-state index in [1.807, 2.05) is 0 Å². The van der Waals surface area contributed by atoms with E-state index in [4.69, 9.17) is 21.8 Å². The van der Waals surface area contributed by atoms with Crippen LogP contribution in [0.5, 0.6) is 0 Å². The Labute approximate surface area is 89.3 Å². The van der Waals surface area contributed by atoms with E-state index < -0.39 is 37.3 Å². The molecule has 5 nitrogen and oxygen atoms in total. The molecular weight excluding hydrogens is 249 g/mol. The monoisotopic (exact) mass is 253 g/mol. The smallest absolute Gasteiger partial charge is 0.337 e. The van der Waals surface area contributed by atoms with Gasteiger partial charge in [-0.3, -0.25) is 0 Å². The molecule has 15 heavy (non-hydrogen) atoms. The number of carboxylic acids is 1. The summed E-state index contributed by atoms with van der Waals surface area (Å²) in [6.45, 7) is 0. The molecule has 0 fully saturated rings. The van der Waals surface area contributed by atoms with Crippen molar-refractivity contribution in [3.05, 3.63) is 28.5 Å². The zero-order valence-electron chi connectivity index (χ0n) is 7.07. The molecule has 0 aliphatic heterocycles. The Hall–Kier alpha value is -1.18. The lowest BCUT2D eigenvalue weighted by Crippen LogP contribution is -2.14. The van der Waals surface area contributed by atoms with Crippen molar-refractivity contribution in [1.29, 1.82) is 0 Å². The van der Waals surface area contributed by atoms with Crippen LogP contribution in [0.15, 0.2) is 17.0 Å². The highest BCUT2D eigenvalue weighted by molar-refractivity contribution is 7.89.